The monoisotopic (exact) mass is 305 g/mol. The third kappa shape index (κ3) is 3.65. The summed E-state index contributed by atoms with van der Waals surface area (Å²) in [4.78, 5) is 0. The number of phenolic OH excluding ortho intramolecular Hbond substituents is 2. The van der Waals surface area contributed by atoms with Crippen molar-refractivity contribution in [3.63, 3.8) is 0 Å². The van der Waals surface area contributed by atoms with E-state index in [1.165, 1.54) is 18.2 Å². The van der Waals surface area contributed by atoms with Gasteiger partial charge in [0.1, 0.15) is 17.7 Å². The topological polar surface area (TPSA) is 82.0 Å². The molecule has 1 heterocycles. The van der Waals surface area contributed by atoms with Gasteiger partial charge in [0.05, 0.1) is 12.7 Å². The Morgan fingerprint density at radius 1 is 1.35 bits per heavy atom. The van der Waals surface area contributed by atoms with E-state index in [0.717, 1.165) is 0 Å². The Balaban J connectivity index is 1.97. The van der Waals surface area contributed by atoms with Crippen LogP contribution < -0.4 is 5.32 Å². The van der Waals surface area contributed by atoms with E-state index in [-0.39, 0.29) is 36.3 Å². The highest BCUT2D eigenvalue weighted by Gasteiger charge is 2.34. The fourth-order valence-electron chi connectivity index (χ4n) is 2.18. The zero-order chi connectivity index (χ0) is 14.7. The van der Waals surface area contributed by atoms with E-state index in [1.54, 1.807) is 0 Å². The lowest BCUT2D eigenvalue weighted by Crippen LogP contribution is -2.44. The van der Waals surface area contributed by atoms with E-state index in [4.69, 9.17) is 16.3 Å². The Morgan fingerprint density at radius 3 is 2.55 bits per heavy atom. The first-order valence-electron chi connectivity index (χ1n) is 6.29. The predicted octanol–water partition coefficient (Wildman–Crippen LogP) is 1.81. The molecule has 1 fully saturated rings. The zero-order valence-corrected chi connectivity index (χ0v) is 11.4. The van der Waals surface area contributed by atoms with Crippen molar-refractivity contribution in [2.75, 3.05) is 17.8 Å². The number of aliphatic hydroxyl groups excluding tert-OH is 1. The van der Waals surface area contributed by atoms with Gasteiger partial charge in [0.15, 0.2) is 6.23 Å². The number of alkyl halides is 2. The molecule has 0 aromatic heterocycles. The molecule has 0 bridgehead atoms. The van der Waals surface area contributed by atoms with Crippen LogP contribution in [0.1, 0.15) is 6.42 Å². The van der Waals surface area contributed by atoms with E-state index in [1.807, 2.05) is 0 Å². The van der Waals surface area contributed by atoms with Crippen LogP contribution in [0.15, 0.2) is 18.2 Å². The van der Waals surface area contributed by atoms with Crippen LogP contribution in [0.4, 0.5) is 10.1 Å². The minimum Gasteiger partial charge on any atom is -0.508 e. The number of hydrogen-bond donors (Lipinski definition) is 4. The lowest BCUT2D eigenvalue weighted by molar-refractivity contribution is -0.0797. The standard InChI is InChI=1S/C13H17ClFNO4/c14-5-12(19)7-1-11(15)13(20-6-7)16-8-2-9(17)4-10(18)3-8/h2-4,7,11-13,16-19H,1,5-6H2. The number of benzene rings is 1. The third-order valence-electron chi connectivity index (χ3n) is 3.26. The lowest BCUT2D eigenvalue weighted by atomic mass is 9.94. The van der Waals surface area contributed by atoms with Gasteiger partial charge < -0.3 is 25.4 Å². The summed E-state index contributed by atoms with van der Waals surface area (Å²) in [5.41, 5.74) is 0.353. The number of rotatable bonds is 4. The van der Waals surface area contributed by atoms with Crippen molar-refractivity contribution in [1.29, 1.82) is 0 Å². The van der Waals surface area contributed by atoms with Gasteiger partial charge in [-0.3, -0.25) is 0 Å². The summed E-state index contributed by atoms with van der Waals surface area (Å²) in [6.45, 7) is 0.191. The average Bonchev–Trinajstić information content (AvgIpc) is 2.39. The second-order valence-electron chi connectivity index (χ2n) is 4.87. The summed E-state index contributed by atoms with van der Waals surface area (Å²) in [6, 6.07) is 3.89. The van der Waals surface area contributed by atoms with E-state index < -0.39 is 18.5 Å². The summed E-state index contributed by atoms with van der Waals surface area (Å²) in [5.74, 6) is -0.555. The van der Waals surface area contributed by atoms with Crippen molar-refractivity contribution in [1.82, 2.24) is 0 Å². The highest BCUT2D eigenvalue weighted by Crippen LogP contribution is 2.29. The summed E-state index contributed by atoms with van der Waals surface area (Å²) >= 11 is 5.53. The largest absolute Gasteiger partial charge is 0.508 e. The molecule has 1 aliphatic heterocycles. The molecule has 1 saturated heterocycles. The minimum atomic E-state index is -1.32. The normalized spacial score (nSPS) is 28.1. The first-order valence-corrected chi connectivity index (χ1v) is 6.82. The number of phenols is 2. The Labute approximate surface area is 120 Å². The molecule has 20 heavy (non-hydrogen) atoms. The van der Waals surface area contributed by atoms with Crippen molar-refractivity contribution in [3.05, 3.63) is 18.2 Å². The number of anilines is 1. The number of aliphatic hydroxyl groups is 1. The van der Waals surface area contributed by atoms with E-state index >= 15 is 0 Å². The minimum absolute atomic E-state index is 0.0409. The summed E-state index contributed by atoms with van der Waals surface area (Å²) in [5, 5.41) is 31.0. The average molecular weight is 306 g/mol. The van der Waals surface area contributed by atoms with Crippen LogP contribution in [0.5, 0.6) is 11.5 Å². The molecule has 4 N–H and O–H groups in total. The van der Waals surface area contributed by atoms with Crippen LogP contribution in [0.25, 0.3) is 0 Å². The van der Waals surface area contributed by atoms with Gasteiger partial charge in [-0.1, -0.05) is 0 Å². The first-order chi connectivity index (χ1) is 9.49. The van der Waals surface area contributed by atoms with Crippen LogP contribution >= 0.6 is 11.6 Å². The first kappa shape index (κ1) is 15.2. The molecule has 0 aliphatic carbocycles. The van der Waals surface area contributed by atoms with Crippen molar-refractivity contribution in [3.8, 4) is 11.5 Å². The molecule has 4 unspecified atom stereocenters. The third-order valence-corrected chi connectivity index (χ3v) is 3.58. The number of nitrogens with one attached hydrogen (secondary N) is 1. The quantitative estimate of drug-likeness (QED) is 0.638. The van der Waals surface area contributed by atoms with Gasteiger partial charge in [0.25, 0.3) is 0 Å². The second-order valence-corrected chi connectivity index (χ2v) is 5.18. The molecule has 0 radical (unpaired) electrons. The number of halogens is 2. The summed E-state index contributed by atoms with van der Waals surface area (Å²) < 4.78 is 19.4. The smallest absolute Gasteiger partial charge is 0.159 e. The SMILES string of the molecule is Oc1cc(O)cc(NC2OCC(C(O)CCl)CC2F)c1. The highest BCUT2D eigenvalue weighted by atomic mass is 35.5. The van der Waals surface area contributed by atoms with Crippen LogP contribution in [0.2, 0.25) is 0 Å². The molecule has 2 rings (SSSR count). The molecule has 4 atom stereocenters. The molecule has 1 aliphatic rings. The van der Waals surface area contributed by atoms with Gasteiger partial charge in [-0.25, -0.2) is 4.39 Å². The Hall–Kier alpha value is -1.24. The van der Waals surface area contributed by atoms with Gasteiger partial charge in [0, 0.05) is 35.7 Å². The van der Waals surface area contributed by atoms with Gasteiger partial charge in [-0.15, -0.1) is 11.6 Å². The maximum atomic E-state index is 14.0. The molecular formula is C13H17ClFNO4. The molecule has 0 saturated carbocycles. The number of aromatic hydroxyl groups is 2. The zero-order valence-electron chi connectivity index (χ0n) is 10.7. The molecule has 1 aromatic carbocycles. The summed E-state index contributed by atoms with van der Waals surface area (Å²) in [7, 11) is 0. The molecule has 1 aromatic rings. The van der Waals surface area contributed by atoms with Crippen molar-refractivity contribution in [2.24, 2.45) is 5.92 Å². The Bertz CT molecular complexity index is 442. The van der Waals surface area contributed by atoms with E-state index in [2.05, 4.69) is 5.32 Å². The number of ether oxygens (including phenoxy) is 1. The Kier molecular flexibility index (Phi) is 4.91. The second kappa shape index (κ2) is 6.47. The molecular weight excluding hydrogens is 289 g/mol. The van der Waals surface area contributed by atoms with E-state index in [0.29, 0.717) is 5.69 Å². The highest BCUT2D eigenvalue weighted by molar-refractivity contribution is 6.18. The molecule has 0 amide bonds. The molecule has 112 valence electrons. The lowest BCUT2D eigenvalue weighted by Gasteiger charge is -2.34. The van der Waals surface area contributed by atoms with Crippen molar-refractivity contribution < 1.29 is 24.4 Å². The van der Waals surface area contributed by atoms with Crippen molar-refractivity contribution >= 4 is 17.3 Å². The molecule has 7 heteroatoms. The van der Waals surface area contributed by atoms with E-state index in [9.17, 15) is 19.7 Å². The van der Waals surface area contributed by atoms with Gasteiger partial charge >= 0.3 is 0 Å². The molecule has 5 nitrogen and oxygen atoms in total. The predicted molar refractivity (Wildman–Crippen MR) is 72.9 cm³/mol. The van der Waals surface area contributed by atoms with Crippen molar-refractivity contribution in [2.45, 2.75) is 24.9 Å². The van der Waals surface area contributed by atoms with Crippen LogP contribution in [0.3, 0.4) is 0 Å². The van der Waals surface area contributed by atoms with Crippen LogP contribution in [0, 0.1) is 5.92 Å². The van der Waals surface area contributed by atoms with Gasteiger partial charge in [-0.2, -0.15) is 0 Å². The fourth-order valence-corrected chi connectivity index (χ4v) is 2.43. The molecule has 0 spiro atoms. The Morgan fingerprint density at radius 2 is 2.00 bits per heavy atom. The van der Waals surface area contributed by atoms with Crippen LogP contribution in [-0.2, 0) is 4.74 Å². The van der Waals surface area contributed by atoms with Gasteiger partial charge in [-0.05, 0) is 6.42 Å². The number of hydrogen-bond acceptors (Lipinski definition) is 5. The fraction of sp³-hybridized carbons (Fsp3) is 0.538. The van der Waals surface area contributed by atoms with Gasteiger partial charge in [0.2, 0.25) is 0 Å². The maximum absolute atomic E-state index is 14.0. The van der Waals surface area contributed by atoms with Crippen LogP contribution in [-0.4, -0.2) is 46.3 Å². The maximum Gasteiger partial charge on any atom is 0.159 e. The summed E-state index contributed by atoms with van der Waals surface area (Å²) in [6.07, 6.45) is -2.87.